The number of fused-ring (bicyclic) bond motifs is 1. The molecule has 1 aliphatic rings. The van der Waals surface area contributed by atoms with Gasteiger partial charge in [0.05, 0.1) is 5.25 Å². The number of imidazole rings is 1. The van der Waals surface area contributed by atoms with E-state index in [9.17, 15) is 26.4 Å². The third-order valence-electron chi connectivity index (χ3n) is 6.71. The highest BCUT2D eigenvalue weighted by atomic mass is 32.2. The van der Waals surface area contributed by atoms with Gasteiger partial charge in [0.25, 0.3) is 5.91 Å². The predicted octanol–water partition coefficient (Wildman–Crippen LogP) is 4.68. The monoisotopic (exact) mass is 537 g/mol. The van der Waals surface area contributed by atoms with E-state index in [0.29, 0.717) is 29.9 Å². The molecule has 4 rings (SSSR count). The molecule has 0 radical (unpaired) electrons. The number of nitrogens with zero attached hydrogens (tertiary/aromatic N) is 3. The van der Waals surface area contributed by atoms with Crippen LogP contribution in [0.25, 0.3) is 5.65 Å². The number of carbonyl (C=O) groups is 1. The number of nitrogens with one attached hydrogen (secondary N) is 2. The summed E-state index contributed by atoms with van der Waals surface area (Å²) < 4.78 is 67.7. The number of halogens is 3. The summed E-state index contributed by atoms with van der Waals surface area (Å²) in [5.74, 6) is 0.332. The van der Waals surface area contributed by atoms with E-state index in [4.69, 9.17) is 0 Å². The number of hydrogen-bond donors (Lipinski definition) is 2. The normalized spacial score (nSPS) is 18.7. The first-order valence-electron chi connectivity index (χ1n) is 12.1. The lowest BCUT2D eigenvalue weighted by molar-refractivity contribution is -0.140. The van der Waals surface area contributed by atoms with Gasteiger partial charge in [0, 0.05) is 36.6 Å². The van der Waals surface area contributed by atoms with Gasteiger partial charge in [0.2, 0.25) is 10.0 Å². The third kappa shape index (κ3) is 6.00. The first-order chi connectivity index (χ1) is 17.3. The summed E-state index contributed by atoms with van der Waals surface area (Å²) in [5.41, 5.74) is -0.0131. The molecule has 2 N–H and O–H groups in total. The number of pyridine rings is 1. The number of rotatable bonds is 7. The molecule has 37 heavy (non-hydrogen) atoms. The molecule has 8 nitrogen and oxygen atoms in total. The van der Waals surface area contributed by atoms with Gasteiger partial charge in [0.15, 0.2) is 5.69 Å². The molecule has 2 aromatic heterocycles. The number of alkyl halides is 3. The molecule has 1 saturated carbocycles. The molecule has 0 aliphatic heterocycles. The van der Waals surface area contributed by atoms with Gasteiger partial charge in [-0.15, -0.1) is 0 Å². The number of carbonyl (C=O) groups excluding carboxylic acids is 1. The standard InChI is InChI=1S/C25H30F3N5O3S/c1-16(2)37(35,36)31-19-7-4-6-17(14-19)24(34)29-18-10-12-20(13-11-18)32(3)23-9-5-8-22-30-21(15-33(22)23)25(26,27)28/h4-9,14-16,18,20,31H,10-13H2,1-3H3,(H,29,34)/t18-,20+. The summed E-state index contributed by atoms with van der Waals surface area (Å²) in [7, 11) is -1.67. The summed E-state index contributed by atoms with van der Waals surface area (Å²) >= 11 is 0. The lowest BCUT2D eigenvalue weighted by atomic mass is 9.90. The minimum Gasteiger partial charge on any atom is -0.358 e. The lowest BCUT2D eigenvalue weighted by Crippen LogP contribution is -2.43. The highest BCUT2D eigenvalue weighted by molar-refractivity contribution is 7.93. The van der Waals surface area contributed by atoms with E-state index in [-0.39, 0.29) is 23.6 Å². The molecule has 1 fully saturated rings. The van der Waals surface area contributed by atoms with Gasteiger partial charge >= 0.3 is 6.18 Å². The van der Waals surface area contributed by atoms with Crippen molar-refractivity contribution in [1.29, 1.82) is 0 Å². The van der Waals surface area contributed by atoms with Gasteiger partial charge in [-0.1, -0.05) is 12.1 Å². The smallest absolute Gasteiger partial charge is 0.358 e. The van der Waals surface area contributed by atoms with E-state index in [1.807, 2.05) is 11.9 Å². The molecular formula is C25H30F3N5O3S. The van der Waals surface area contributed by atoms with Crippen molar-refractivity contribution in [3.63, 3.8) is 0 Å². The summed E-state index contributed by atoms with van der Waals surface area (Å²) in [6.45, 7) is 3.14. The highest BCUT2D eigenvalue weighted by Gasteiger charge is 2.34. The molecule has 200 valence electrons. The topological polar surface area (TPSA) is 95.8 Å². The number of amides is 1. The first-order valence-corrected chi connectivity index (χ1v) is 13.6. The van der Waals surface area contributed by atoms with Crippen LogP contribution in [0.2, 0.25) is 0 Å². The van der Waals surface area contributed by atoms with Crippen molar-refractivity contribution >= 4 is 33.1 Å². The summed E-state index contributed by atoms with van der Waals surface area (Å²) in [5, 5.41) is 2.42. The molecule has 1 amide bonds. The summed E-state index contributed by atoms with van der Waals surface area (Å²) in [4.78, 5) is 18.5. The molecule has 3 aromatic rings. The van der Waals surface area contributed by atoms with Crippen molar-refractivity contribution in [3.8, 4) is 0 Å². The van der Waals surface area contributed by atoms with Crippen LogP contribution < -0.4 is 14.9 Å². The van der Waals surface area contributed by atoms with Gasteiger partial charge in [-0.25, -0.2) is 13.4 Å². The number of aromatic nitrogens is 2. The SMILES string of the molecule is CC(C)S(=O)(=O)Nc1cccc(C(=O)N[C@H]2CC[C@@H](N(C)c3cccc4nc(C(F)(F)F)cn34)CC2)c1. The van der Waals surface area contributed by atoms with Gasteiger partial charge < -0.3 is 10.2 Å². The maximum Gasteiger partial charge on any atom is 0.434 e. The number of benzene rings is 1. The van der Waals surface area contributed by atoms with Crippen molar-refractivity contribution in [2.75, 3.05) is 16.7 Å². The van der Waals surface area contributed by atoms with Crippen LogP contribution in [0.3, 0.4) is 0 Å². The molecule has 0 atom stereocenters. The molecule has 0 spiro atoms. The minimum absolute atomic E-state index is 0.0611. The molecule has 1 aliphatic carbocycles. The van der Waals surface area contributed by atoms with Crippen molar-refractivity contribution in [3.05, 3.63) is 59.9 Å². The van der Waals surface area contributed by atoms with E-state index in [1.165, 1.54) is 10.5 Å². The summed E-state index contributed by atoms with van der Waals surface area (Å²) in [6.07, 6.45) is -0.610. The lowest BCUT2D eigenvalue weighted by Gasteiger charge is -2.36. The zero-order chi connectivity index (χ0) is 27.0. The Balaban J connectivity index is 1.38. The second kappa shape index (κ2) is 10.2. The van der Waals surface area contributed by atoms with Crippen LogP contribution >= 0.6 is 0 Å². The van der Waals surface area contributed by atoms with E-state index in [2.05, 4.69) is 15.0 Å². The van der Waals surface area contributed by atoms with Gasteiger partial charge in [-0.05, 0) is 69.9 Å². The molecule has 2 heterocycles. The molecule has 1 aromatic carbocycles. The molecule has 12 heteroatoms. The molecule has 0 saturated heterocycles. The zero-order valence-corrected chi connectivity index (χ0v) is 21.6. The van der Waals surface area contributed by atoms with E-state index in [0.717, 1.165) is 19.0 Å². The van der Waals surface area contributed by atoms with Crippen LogP contribution in [0.5, 0.6) is 0 Å². The van der Waals surface area contributed by atoms with Crippen molar-refractivity contribution in [1.82, 2.24) is 14.7 Å². The maximum atomic E-state index is 13.2. The average molecular weight is 538 g/mol. The average Bonchev–Trinajstić information content (AvgIpc) is 3.29. The Bertz CT molecular complexity index is 1380. The van der Waals surface area contributed by atoms with Gasteiger partial charge in [0.1, 0.15) is 11.5 Å². The van der Waals surface area contributed by atoms with Gasteiger partial charge in [-0.2, -0.15) is 13.2 Å². The van der Waals surface area contributed by atoms with Crippen molar-refractivity contribution < 1.29 is 26.4 Å². The van der Waals surface area contributed by atoms with E-state index in [1.54, 1.807) is 50.2 Å². The first kappa shape index (κ1) is 26.8. The quantitative estimate of drug-likeness (QED) is 0.456. The number of sulfonamides is 1. The Kier molecular flexibility index (Phi) is 7.40. The minimum atomic E-state index is -4.52. The van der Waals surface area contributed by atoms with Crippen molar-refractivity contribution in [2.45, 2.75) is 63.0 Å². The Hall–Kier alpha value is -3.28. The Morgan fingerprint density at radius 1 is 1.11 bits per heavy atom. The van der Waals surface area contributed by atoms with Crippen LogP contribution in [0.1, 0.15) is 55.6 Å². The van der Waals surface area contributed by atoms with Crippen molar-refractivity contribution in [2.24, 2.45) is 0 Å². The summed E-state index contributed by atoms with van der Waals surface area (Å²) in [6, 6.07) is 11.4. The van der Waals surface area contributed by atoms with Gasteiger partial charge in [-0.3, -0.25) is 13.9 Å². The largest absolute Gasteiger partial charge is 0.434 e. The molecule has 0 unspecified atom stereocenters. The number of anilines is 2. The zero-order valence-electron chi connectivity index (χ0n) is 20.8. The number of hydrogen-bond acceptors (Lipinski definition) is 5. The fourth-order valence-electron chi connectivity index (χ4n) is 4.49. The third-order valence-corrected chi connectivity index (χ3v) is 8.47. The van der Waals surface area contributed by atoms with E-state index >= 15 is 0 Å². The molecular weight excluding hydrogens is 507 g/mol. The van der Waals surface area contributed by atoms with Crippen LogP contribution in [-0.2, 0) is 16.2 Å². The predicted molar refractivity (Wildman–Crippen MR) is 136 cm³/mol. The maximum absolute atomic E-state index is 13.2. The van der Waals surface area contributed by atoms with Crippen LogP contribution in [0, 0.1) is 0 Å². The van der Waals surface area contributed by atoms with Crippen LogP contribution in [0.15, 0.2) is 48.7 Å². The second-order valence-electron chi connectivity index (χ2n) is 9.60. The Morgan fingerprint density at radius 3 is 2.43 bits per heavy atom. The highest BCUT2D eigenvalue weighted by Crippen LogP contribution is 2.32. The fraction of sp³-hybridized carbons (Fsp3) is 0.440. The fourth-order valence-corrected chi connectivity index (χ4v) is 5.18. The van der Waals surface area contributed by atoms with Crippen LogP contribution in [-0.4, -0.2) is 48.1 Å². The Morgan fingerprint density at radius 2 is 1.78 bits per heavy atom. The molecule has 0 bridgehead atoms. The van der Waals surface area contributed by atoms with E-state index < -0.39 is 27.1 Å². The van der Waals surface area contributed by atoms with Crippen LogP contribution in [0.4, 0.5) is 24.7 Å². The Labute approximate surface area is 213 Å². The second-order valence-corrected chi connectivity index (χ2v) is 11.8.